The van der Waals surface area contributed by atoms with Gasteiger partial charge in [0.05, 0.1) is 9.38 Å². The van der Waals surface area contributed by atoms with Gasteiger partial charge in [-0.1, -0.05) is 54.6 Å². The van der Waals surface area contributed by atoms with Crippen molar-refractivity contribution < 1.29 is 19.1 Å². The van der Waals surface area contributed by atoms with E-state index >= 15 is 0 Å². The molecule has 2 aliphatic rings. The van der Waals surface area contributed by atoms with Crippen LogP contribution in [0.1, 0.15) is 11.1 Å². The van der Waals surface area contributed by atoms with Crippen molar-refractivity contribution in [1.29, 1.82) is 0 Å². The van der Waals surface area contributed by atoms with Crippen LogP contribution in [0, 0.1) is 0 Å². The van der Waals surface area contributed by atoms with Gasteiger partial charge < -0.3 is 14.5 Å². The van der Waals surface area contributed by atoms with E-state index in [0.717, 1.165) is 37.9 Å². The molecule has 0 spiro atoms. The lowest BCUT2D eigenvalue weighted by molar-refractivity contribution is -0.136. The Hall–Kier alpha value is -3.56. The van der Waals surface area contributed by atoms with Crippen LogP contribution in [0.25, 0.3) is 6.08 Å². The zero-order chi connectivity index (χ0) is 26.5. The second-order valence-corrected chi connectivity index (χ2v) is 10.8. The Balaban J connectivity index is 1.17. The van der Waals surface area contributed by atoms with Gasteiger partial charge in [0, 0.05) is 31.9 Å². The summed E-state index contributed by atoms with van der Waals surface area (Å²) in [7, 11) is 0. The number of anilines is 1. The number of ether oxygens (including phenoxy) is 1. The van der Waals surface area contributed by atoms with E-state index in [1.165, 1.54) is 0 Å². The van der Waals surface area contributed by atoms with Gasteiger partial charge in [-0.2, -0.15) is 0 Å². The largest absolute Gasteiger partial charge is 0.488 e. The van der Waals surface area contributed by atoms with Crippen molar-refractivity contribution in [3.05, 3.63) is 99.4 Å². The van der Waals surface area contributed by atoms with E-state index < -0.39 is 11.1 Å². The van der Waals surface area contributed by atoms with Crippen LogP contribution in [0.15, 0.2) is 88.2 Å². The molecular weight excluding hydrogens is 566 g/mol. The van der Waals surface area contributed by atoms with E-state index in [4.69, 9.17) is 4.74 Å². The van der Waals surface area contributed by atoms with Crippen LogP contribution in [0.4, 0.5) is 10.5 Å². The maximum Gasteiger partial charge on any atom is 0.294 e. The summed E-state index contributed by atoms with van der Waals surface area (Å²) in [5.74, 6) is 0.0118. The molecular formula is C29H26BrN3O4S. The number of para-hydroxylation sites is 1. The summed E-state index contributed by atoms with van der Waals surface area (Å²) in [5.41, 5.74) is 2.93. The fourth-order valence-corrected chi connectivity index (χ4v) is 5.68. The number of amides is 3. The summed E-state index contributed by atoms with van der Waals surface area (Å²) >= 11 is 4.38. The topological polar surface area (TPSA) is 70.2 Å². The number of carbonyl (C=O) groups excluding carboxylic acids is 3. The smallest absolute Gasteiger partial charge is 0.294 e. The lowest BCUT2D eigenvalue weighted by atomic mass is 10.2. The number of rotatable bonds is 7. The summed E-state index contributed by atoms with van der Waals surface area (Å²) in [4.78, 5) is 43.8. The van der Waals surface area contributed by atoms with E-state index in [9.17, 15) is 14.4 Å². The van der Waals surface area contributed by atoms with E-state index in [-0.39, 0.29) is 12.5 Å². The summed E-state index contributed by atoms with van der Waals surface area (Å²) < 4.78 is 6.63. The first-order chi connectivity index (χ1) is 18.5. The summed E-state index contributed by atoms with van der Waals surface area (Å²) in [6, 6.07) is 25.4. The molecule has 38 heavy (non-hydrogen) atoms. The number of carbonyl (C=O) groups is 3. The lowest BCUT2D eigenvalue weighted by Crippen LogP contribution is -2.51. The third-order valence-corrected chi connectivity index (χ3v) is 7.94. The molecule has 3 aromatic carbocycles. The third-order valence-electron chi connectivity index (χ3n) is 6.41. The van der Waals surface area contributed by atoms with E-state index in [1.807, 2.05) is 78.9 Å². The Morgan fingerprint density at radius 3 is 2.29 bits per heavy atom. The Labute approximate surface area is 234 Å². The molecule has 0 radical (unpaired) electrons. The number of halogens is 1. The summed E-state index contributed by atoms with van der Waals surface area (Å²) in [6.45, 7) is 2.70. The van der Waals surface area contributed by atoms with Crippen LogP contribution < -0.4 is 9.64 Å². The first-order valence-electron chi connectivity index (χ1n) is 12.3. The van der Waals surface area contributed by atoms with Crippen LogP contribution in [0.3, 0.4) is 0 Å². The van der Waals surface area contributed by atoms with Gasteiger partial charge in [0.2, 0.25) is 5.91 Å². The van der Waals surface area contributed by atoms with Crippen molar-refractivity contribution >= 4 is 56.5 Å². The lowest BCUT2D eigenvalue weighted by Gasteiger charge is -2.36. The van der Waals surface area contributed by atoms with Crippen molar-refractivity contribution in [3.63, 3.8) is 0 Å². The van der Waals surface area contributed by atoms with Crippen LogP contribution in [-0.2, 0) is 16.2 Å². The number of nitrogens with zero attached hydrogens (tertiary/aromatic N) is 3. The molecule has 194 valence electrons. The first-order valence-corrected chi connectivity index (χ1v) is 13.9. The molecule has 3 aromatic rings. The minimum atomic E-state index is -0.447. The second kappa shape index (κ2) is 11.9. The quantitative estimate of drug-likeness (QED) is 0.342. The average Bonchev–Trinajstić information content (AvgIpc) is 3.21. The Morgan fingerprint density at radius 2 is 1.61 bits per heavy atom. The van der Waals surface area contributed by atoms with Crippen molar-refractivity contribution in [1.82, 2.24) is 9.80 Å². The van der Waals surface area contributed by atoms with Gasteiger partial charge in [-0.25, -0.2) is 0 Å². The SMILES string of the molecule is O=C(CN1C(=O)S/C(=C/c2ccc(OCc3ccccc3)c(Br)c2)C1=O)N1CCN(c2ccccc2)CC1. The number of hydrogen-bond acceptors (Lipinski definition) is 6. The van der Waals surface area contributed by atoms with Crippen LogP contribution in [0.5, 0.6) is 5.75 Å². The maximum atomic E-state index is 13.0. The first kappa shape index (κ1) is 26.1. The molecule has 7 nitrogen and oxygen atoms in total. The summed E-state index contributed by atoms with van der Waals surface area (Å²) in [5, 5.41) is -0.431. The van der Waals surface area contributed by atoms with Crippen LogP contribution in [-0.4, -0.2) is 59.6 Å². The fourth-order valence-electron chi connectivity index (χ4n) is 4.34. The highest BCUT2D eigenvalue weighted by molar-refractivity contribution is 9.10. The van der Waals surface area contributed by atoms with Gasteiger partial charge in [-0.05, 0) is 69.2 Å². The molecule has 0 aliphatic carbocycles. The van der Waals surface area contributed by atoms with Crippen molar-refractivity contribution in [2.75, 3.05) is 37.6 Å². The highest BCUT2D eigenvalue weighted by atomic mass is 79.9. The van der Waals surface area contributed by atoms with Crippen molar-refractivity contribution in [3.8, 4) is 5.75 Å². The molecule has 2 heterocycles. The minimum absolute atomic E-state index is 0.219. The zero-order valence-corrected chi connectivity index (χ0v) is 23.0. The molecule has 0 aromatic heterocycles. The standard InChI is InChI=1S/C29H26BrN3O4S/c30-24-17-22(11-12-25(24)37-20-21-7-3-1-4-8-21)18-26-28(35)33(29(36)38-26)19-27(34)32-15-13-31(14-16-32)23-9-5-2-6-10-23/h1-12,17-18H,13-16,19-20H2/b26-18+. The van der Waals surface area contributed by atoms with Gasteiger partial charge in [-0.15, -0.1) is 0 Å². The van der Waals surface area contributed by atoms with Crippen molar-refractivity contribution in [2.45, 2.75) is 6.61 Å². The van der Waals surface area contributed by atoms with Gasteiger partial charge >= 0.3 is 0 Å². The maximum absolute atomic E-state index is 13.0. The van der Waals surface area contributed by atoms with Gasteiger partial charge in [0.15, 0.2) is 0 Å². The zero-order valence-electron chi connectivity index (χ0n) is 20.6. The average molecular weight is 593 g/mol. The molecule has 5 rings (SSSR count). The number of imide groups is 1. The van der Waals surface area contributed by atoms with Gasteiger partial charge in [0.25, 0.3) is 11.1 Å². The Morgan fingerprint density at radius 1 is 0.921 bits per heavy atom. The predicted molar refractivity (Wildman–Crippen MR) is 153 cm³/mol. The molecule has 0 N–H and O–H groups in total. The Bertz CT molecular complexity index is 1360. The van der Waals surface area contributed by atoms with Crippen molar-refractivity contribution in [2.24, 2.45) is 0 Å². The monoisotopic (exact) mass is 591 g/mol. The van der Waals surface area contributed by atoms with Crippen LogP contribution in [0.2, 0.25) is 0 Å². The normalized spacial score (nSPS) is 16.9. The third kappa shape index (κ3) is 6.11. The molecule has 2 saturated heterocycles. The molecule has 0 saturated carbocycles. The number of benzene rings is 3. The molecule has 3 amide bonds. The Kier molecular flexibility index (Phi) is 8.14. The van der Waals surface area contributed by atoms with Crippen LogP contribution >= 0.6 is 27.7 Å². The molecule has 9 heteroatoms. The molecule has 2 aliphatic heterocycles. The fraction of sp³-hybridized carbons (Fsp3) is 0.207. The van der Waals surface area contributed by atoms with Gasteiger partial charge in [-0.3, -0.25) is 19.3 Å². The molecule has 2 fully saturated rings. The molecule has 0 unspecified atom stereocenters. The number of hydrogen-bond donors (Lipinski definition) is 0. The molecule has 0 atom stereocenters. The van der Waals surface area contributed by atoms with Gasteiger partial charge in [0.1, 0.15) is 18.9 Å². The predicted octanol–water partition coefficient (Wildman–Crippen LogP) is 5.41. The minimum Gasteiger partial charge on any atom is -0.488 e. The number of thioether (sulfide) groups is 1. The highest BCUT2D eigenvalue weighted by Gasteiger charge is 2.37. The van der Waals surface area contributed by atoms with E-state index in [1.54, 1.807) is 11.0 Å². The summed E-state index contributed by atoms with van der Waals surface area (Å²) in [6.07, 6.45) is 1.67. The molecule has 0 bridgehead atoms. The second-order valence-electron chi connectivity index (χ2n) is 8.94. The van der Waals surface area contributed by atoms with E-state index in [0.29, 0.717) is 43.4 Å². The highest BCUT2D eigenvalue weighted by Crippen LogP contribution is 2.34. The van der Waals surface area contributed by atoms with E-state index in [2.05, 4.69) is 20.8 Å². The number of piperazine rings is 1.